The van der Waals surface area contributed by atoms with Gasteiger partial charge in [-0.1, -0.05) is 0 Å². The summed E-state index contributed by atoms with van der Waals surface area (Å²) in [5, 5.41) is 0. The van der Waals surface area contributed by atoms with Crippen molar-refractivity contribution in [2.45, 2.75) is 6.42 Å². The van der Waals surface area contributed by atoms with Crippen molar-refractivity contribution >= 4 is 37.6 Å². The number of ketones is 1. The van der Waals surface area contributed by atoms with E-state index in [1.54, 1.807) is 24.5 Å². The highest BCUT2D eigenvalue weighted by Crippen LogP contribution is 2.17. The Morgan fingerprint density at radius 1 is 1.31 bits per heavy atom. The average Bonchev–Trinajstić information content (AvgIpc) is 2.65. The van der Waals surface area contributed by atoms with Crippen molar-refractivity contribution in [3.8, 4) is 0 Å². The predicted octanol–water partition coefficient (Wildman–Crippen LogP) is 3.63. The molecule has 0 aliphatic heterocycles. The van der Waals surface area contributed by atoms with Crippen LogP contribution >= 0.6 is 31.9 Å². The molecule has 0 spiro atoms. The number of hydrogen-bond acceptors (Lipinski definition) is 3. The summed E-state index contributed by atoms with van der Waals surface area (Å²) in [6.45, 7) is 0. The molecule has 0 bridgehead atoms. The molecule has 0 aliphatic rings. The van der Waals surface area contributed by atoms with E-state index in [1.165, 1.54) is 0 Å². The SMILES string of the molecule is O=C(Cc1cncc(Br)c1)c1ccc(Br)o1. The lowest BCUT2D eigenvalue weighted by atomic mass is 10.1. The number of halogens is 2. The molecule has 0 saturated heterocycles. The van der Waals surface area contributed by atoms with Gasteiger partial charge in [-0.05, 0) is 55.6 Å². The highest BCUT2D eigenvalue weighted by Gasteiger charge is 2.11. The van der Waals surface area contributed by atoms with Crippen LogP contribution in [0.15, 0.2) is 44.2 Å². The number of Topliss-reactive ketones (excluding diaryl/α,β-unsaturated/α-hetero) is 1. The van der Waals surface area contributed by atoms with Gasteiger partial charge in [0.05, 0.1) is 0 Å². The fourth-order valence-corrected chi connectivity index (χ4v) is 2.01. The van der Waals surface area contributed by atoms with Crippen LogP contribution in [-0.4, -0.2) is 10.8 Å². The van der Waals surface area contributed by atoms with E-state index in [9.17, 15) is 4.79 Å². The van der Waals surface area contributed by atoms with E-state index in [0.29, 0.717) is 10.4 Å². The van der Waals surface area contributed by atoms with Gasteiger partial charge in [-0.2, -0.15) is 0 Å². The van der Waals surface area contributed by atoms with E-state index < -0.39 is 0 Å². The molecule has 5 heteroatoms. The zero-order valence-corrected chi connectivity index (χ0v) is 11.3. The van der Waals surface area contributed by atoms with Crippen LogP contribution in [0.4, 0.5) is 0 Å². The third-order valence-corrected chi connectivity index (χ3v) is 2.83. The van der Waals surface area contributed by atoms with Gasteiger partial charge in [0.2, 0.25) is 5.78 Å². The minimum atomic E-state index is -0.0643. The van der Waals surface area contributed by atoms with Gasteiger partial charge in [0.1, 0.15) is 0 Å². The van der Waals surface area contributed by atoms with Crippen molar-refractivity contribution in [1.82, 2.24) is 4.98 Å². The standard InChI is InChI=1S/C11H7Br2NO2/c12-8-3-7(5-14-6-8)4-9(15)10-1-2-11(13)16-10/h1-3,5-6H,4H2. The monoisotopic (exact) mass is 343 g/mol. The fraction of sp³-hybridized carbons (Fsp3) is 0.0909. The second-order valence-corrected chi connectivity index (χ2v) is 4.91. The molecule has 0 unspecified atom stereocenters. The number of rotatable bonds is 3. The Labute approximate surface area is 109 Å². The molecule has 0 saturated carbocycles. The minimum absolute atomic E-state index is 0.0643. The second kappa shape index (κ2) is 4.93. The van der Waals surface area contributed by atoms with Gasteiger partial charge >= 0.3 is 0 Å². The summed E-state index contributed by atoms with van der Waals surface area (Å²) in [5.41, 5.74) is 0.854. The molecule has 0 fully saturated rings. The van der Waals surface area contributed by atoms with Gasteiger partial charge in [0.15, 0.2) is 10.4 Å². The molecule has 0 atom stereocenters. The Bertz CT molecular complexity index is 522. The van der Waals surface area contributed by atoms with E-state index in [4.69, 9.17) is 4.42 Å². The third-order valence-electron chi connectivity index (χ3n) is 1.97. The van der Waals surface area contributed by atoms with Crippen LogP contribution in [0.5, 0.6) is 0 Å². The quantitative estimate of drug-likeness (QED) is 0.798. The van der Waals surface area contributed by atoms with E-state index in [-0.39, 0.29) is 12.2 Å². The molecule has 0 aliphatic carbocycles. The zero-order chi connectivity index (χ0) is 11.5. The molecular formula is C11H7Br2NO2. The molecule has 3 nitrogen and oxygen atoms in total. The molecule has 2 aromatic rings. The molecule has 82 valence electrons. The molecule has 16 heavy (non-hydrogen) atoms. The van der Waals surface area contributed by atoms with Gasteiger partial charge in [-0.3, -0.25) is 9.78 Å². The number of aromatic nitrogens is 1. The second-order valence-electron chi connectivity index (χ2n) is 3.22. The van der Waals surface area contributed by atoms with Crippen molar-refractivity contribution in [2.75, 3.05) is 0 Å². The summed E-state index contributed by atoms with van der Waals surface area (Å²) in [6, 6.07) is 5.22. The van der Waals surface area contributed by atoms with E-state index >= 15 is 0 Å². The molecule has 0 aromatic carbocycles. The summed E-state index contributed by atoms with van der Waals surface area (Å²) in [7, 11) is 0. The summed E-state index contributed by atoms with van der Waals surface area (Å²) in [6.07, 6.45) is 3.63. The first-order chi connectivity index (χ1) is 7.65. The highest BCUT2D eigenvalue weighted by atomic mass is 79.9. The third kappa shape index (κ3) is 2.80. The van der Waals surface area contributed by atoms with Crippen LogP contribution in [0.1, 0.15) is 16.1 Å². The van der Waals surface area contributed by atoms with E-state index in [1.807, 2.05) is 6.07 Å². The van der Waals surface area contributed by atoms with Gasteiger partial charge in [0, 0.05) is 23.3 Å². The molecular weight excluding hydrogens is 338 g/mol. The van der Waals surface area contributed by atoms with Crippen molar-refractivity contribution in [1.29, 1.82) is 0 Å². The zero-order valence-electron chi connectivity index (χ0n) is 8.11. The van der Waals surface area contributed by atoms with Crippen molar-refractivity contribution in [2.24, 2.45) is 0 Å². The number of pyridine rings is 1. The van der Waals surface area contributed by atoms with Gasteiger partial charge < -0.3 is 4.42 Å². The summed E-state index contributed by atoms with van der Waals surface area (Å²) < 4.78 is 6.60. The first-order valence-corrected chi connectivity index (χ1v) is 6.12. The van der Waals surface area contributed by atoms with Crippen LogP contribution in [0.2, 0.25) is 0 Å². The maximum Gasteiger partial charge on any atom is 0.202 e. The first-order valence-electron chi connectivity index (χ1n) is 4.53. The van der Waals surface area contributed by atoms with Crippen LogP contribution in [0.3, 0.4) is 0 Å². The normalized spacial score (nSPS) is 10.4. The molecule has 2 rings (SSSR count). The Hall–Kier alpha value is -0.940. The Morgan fingerprint density at radius 3 is 2.75 bits per heavy atom. The van der Waals surface area contributed by atoms with Crippen molar-refractivity contribution in [3.63, 3.8) is 0 Å². The van der Waals surface area contributed by atoms with Gasteiger partial charge in [0.25, 0.3) is 0 Å². The molecule has 0 radical (unpaired) electrons. The number of carbonyl (C=O) groups excluding carboxylic acids is 1. The molecule has 0 N–H and O–H groups in total. The van der Waals surface area contributed by atoms with Crippen molar-refractivity contribution < 1.29 is 9.21 Å². The predicted molar refractivity (Wildman–Crippen MR) is 66.4 cm³/mol. The first kappa shape index (κ1) is 11.5. The highest BCUT2D eigenvalue weighted by molar-refractivity contribution is 9.10. The van der Waals surface area contributed by atoms with Crippen LogP contribution in [0, 0.1) is 0 Å². The minimum Gasteiger partial charge on any atom is -0.446 e. The molecule has 0 amide bonds. The largest absolute Gasteiger partial charge is 0.446 e. The summed E-state index contributed by atoms with van der Waals surface area (Å²) >= 11 is 6.47. The number of furan rings is 1. The number of carbonyl (C=O) groups is 1. The van der Waals surface area contributed by atoms with E-state index in [0.717, 1.165) is 10.0 Å². The fourth-order valence-electron chi connectivity index (χ4n) is 1.29. The Kier molecular flexibility index (Phi) is 3.56. The summed E-state index contributed by atoms with van der Waals surface area (Å²) in [5.74, 6) is 0.289. The van der Waals surface area contributed by atoms with Gasteiger partial charge in [-0.25, -0.2) is 0 Å². The smallest absolute Gasteiger partial charge is 0.202 e. The summed E-state index contributed by atoms with van der Waals surface area (Å²) in [4.78, 5) is 15.8. The van der Waals surface area contributed by atoms with Crippen molar-refractivity contribution in [3.05, 3.63) is 51.1 Å². The maximum absolute atomic E-state index is 11.8. The van der Waals surface area contributed by atoms with Crippen LogP contribution in [-0.2, 0) is 6.42 Å². The number of hydrogen-bond donors (Lipinski definition) is 0. The van der Waals surface area contributed by atoms with Gasteiger partial charge in [-0.15, -0.1) is 0 Å². The molecule has 2 aromatic heterocycles. The Balaban J connectivity index is 2.13. The van der Waals surface area contributed by atoms with E-state index in [2.05, 4.69) is 36.8 Å². The Morgan fingerprint density at radius 2 is 2.12 bits per heavy atom. The topological polar surface area (TPSA) is 43.1 Å². The maximum atomic E-state index is 11.8. The number of nitrogens with zero attached hydrogens (tertiary/aromatic N) is 1. The lowest BCUT2D eigenvalue weighted by Gasteiger charge is -1.98. The lowest BCUT2D eigenvalue weighted by Crippen LogP contribution is -2.02. The average molecular weight is 345 g/mol. The lowest BCUT2D eigenvalue weighted by molar-refractivity contribution is 0.0965. The van der Waals surface area contributed by atoms with Crippen LogP contribution < -0.4 is 0 Å². The molecule has 2 heterocycles. The van der Waals surface area contributed by atoms with Crippen LogP contribution in [0.25, 0.3) is 0 Å².